The van der Waals surface area contributed by atoms with Gasteiger partial charge in [-0.15, -0.1) is 0 Å². The fourth-order valence-electron chi connectivity index (χ4n) is 3.19. The molecule has 0 aliphatic heterocycles. The van der Waals surface area contributed by atoms with Gasteiger partial charge >= 0.3 is 0 Å². The summed E-state index contributed by atoms with van der Waals surface area (Å²) < 4.78 is 0. The lowest BCUT2D eigenvalue weighted by molar-refractivity contribution is 0.0924. The van der Waals surface area contributed by atoms with Gasteiger partial charge in [0, 0.05) is 37.4 Å². The summed E-state index contributed by atoms with van der Waals surface area (Å²) in [5.74, 6) is 1.12. The Morgan fingerprint density at radius 3 is 2.59 bits per heavy atom. The van der Waals surface area contributed by atoms with E-state index in [0.29, 0.717) is 11.0 Å². The van der Waals surface area contributed by atoms with Crippen molar-refractivity contribution >= 4 is 29.3 Å². The fraction of sp³-hybridized carbons (Fsp3) is 0.421. The highest BCUT2D eigenvalue weighted by atomic mass is 35.5. The standard InChI is InChI=1S/C19H24ClN5O2/c1-25(2)17-9-10-21-19(24-17)23-14-6-4-13(5-7-14)22-18(27)15-11-12(20)3-8-16(15)26/h3,8-11,13-14,26H,4-7H2,1-2H3,(H,22,27)(H,21,23,24). The van der Waals surface area contributed by atoms with Gasteiger partial charge in [0.25, 0.3) is 5.91 Å². The summed E-state index contributed by atoms with van der Waals surface area (Å²) in [6, 6.07) is 6.67. The molecule has 1 aliphatic rings. The van der Waals surface area contributed by atoms with Crippen LogP contribution in [0.15, 0.2) is 30.5 Å². The van der Waals surface area contributed by atoms with E-state index in [0.717, 1.165) is 31.5 Å². The molecule has 1 saturated carbocycles. The molecule has 1 aliphatic carbocycles. The Bertz CT molecular complexity index is 806. The molecule has 27 heavy (non-hydrogen) atoms. The van der Waals surface area contributed by atoms with Crippen LogP contribution in [-0.2, 0) is 0 Å². The van der Waals surface area contributed by atoms with Crippen LogP contribution in [0.2, 0.25) is 5.02 Å². The molecule has 0 unspecified atom stereocenters. The maximum Gasteiger partial charge on any atom is 0.255 e. The van der Waals surface area contributed by atoms with Crippen LogP contribution in [0.1, 0.15) is 36.0 Å². The minimum Gasteiger partial charge on any atom is -0.507 e. The maximum absolute atomic E-state index is 12.4. The van der Waals surface area contributed by atoms with E-state index in [1.807, 2.05) is 25.1 Å². The van der Waals surface area contributed by atoms with E-state index in [2.05, 4.69) is 20.6 Å². The topological polar surface area (TPSA) is 90.4 Å². The highest BCUT2D eigenvalue weighted by Gasteiger charge is 2.24. The first-order chi connectivity index (χ1) is 12.9. The Kier molecular flexibility index (Phi) is 6.01. The van der Waals surface area contributed by atoms with Crippen molar-refractivity contribution in [2.45, 2.75) is 37.8 Å². The molecule has 2 aromatic rings. The Balaban J connectivity index is 1.52. The molecule has 0 bridgehead atoms. The van der Waals surface area contributed by atoms with Crippen molar-refractivity contribution in [3.63, 3.8) is 0 Å². The summed E-state index contributed by atoms with van der Waals surface area (Å²) in [6.07, 6.45) is 5.24. The summed E-state index contributed by atoms with van der Waals surface area (Å²) >= 11 is 5.92. The lowest BCUT2D eigenvalue weighted by Crippen LogP contribution is -2.40. The van der Waals surface area contributed by atoms with Crippen molar-refractivity contribution in [1.29, 1.82) is 0 Å². The maximum atomic E-state index is 12.4. The predicted molar refractivity (Wildman–Crippen MR) is 107 cm³/mol. The van der Waals surface area contributed by atoms with Gasteiger partial charge in [0.05, 0.1) is 5.56 Å². The smallest absolute Gasteiger partial charge is 0.255 e. The quantitative estimate of drug-likeness (QED) is 0.728. The molecule has 1 amide bonds. The highest BCUT2D eigenvalue weighted by Crippen LogP contribution is 2.24. The van der Waals surface area contributed by atoms with Crippen molar-refractivity contribution in [1.82, 2.24) is 15.3 Å². The molecular formula is C19H24ClN5O2. The lowest BCUT2D eigenvalue weighted by atomic mass is 9.91. The first kappa shape index (κ1) is 19.2. The average Bonchev–Trinajstić information content (AvgIpc) is 2.65. The number of phenols is 1. The molecule has 1 aromatic heterocycles. The second-order valence-corrected chi connectivity index (χ2v) is 7.40. The van der Waals surface area contributed by atoms with Crippen LogP contribution in [-0.4, -0.2) is 47.2 Å². The summed E-state index contributed by atoms with van der Waals surface area (Å²) in [4.78, 5) is 23.1. The van der Waals surface area contributed by atoms with Gasteiger partial charge in [0.1, 0.15) is 11.6 Å². The SMILES string of the molecule is CN(C)c1ccnc(NC2CCC(NC(=O)c3cc(Cl)ccc3O)CC2)n1. The monoisotopic (exact) mass is 389 g/mol. The summed E-state index contributed by atoms with van der Waals surface area (Å²) in [7, 11) is 3.88. The van der Waals surface area contributed by atoms with Gasteiger partial charge in [0.2, 0.25) is 5.95 Å². The number of nitrogens with zero attached hydrogens (tertiary/aromatic N) is 3. The van der Waals surface area contributed by atoms with E-state index >= 15 is 0 Å². The van der Waals surface area contributed by atoms with Gasteiger partial charge in [-0.3, -0.25) is 4.79 Å². The molecule has 0 atom stereocenters. The van der Waals surface area contributed by atoms with E-state index in [-0.39, 0.29) is 29.3 Å². The van der Waals surface area contributed by atoms with Crippen LogP contribution >= 0.6 is 11.6 Å². The normalized spacial score (nSPS) is 19.4. The summed E-state index contributed by atoms with van der Waals surface area (Å²) in [5.41, 5.74) is 0.205. The first-order valence-electron chi connectivity index (χ1n) is 8.98. The molecule has 0 radical (unpaired) electrons. The number of phenolic OH excluding ortho intramolecular Hbond substituents is 1. The van der Waals surface area contributed by atoms with Crippen molar-refractivity contribution in [2.75, 3.05) is 24.3 Å². The molecule has 1 heterocycles. The molecule has 0 spiro atoms. The van der Waals surface area contributed by atoms with Gasteiger partial charge in [-0.1, -0.05) is 11.6 Å². The van der Waals surface area contributed by atoms with E-state index in [1.54, 1.807) is 12.3 Å². The number of aromatic hydroxyl groups is 1. The van der Waals surface area contributed by atoms with Gasteiger partial charge < -0.3 is 20.6 Å². The molecule has 0 saturated heterocycles. The van der Waals surface area contributed by atoms with E-state index < -0.39 is 0 Å². The van der Waals surface area contributed by atoms with Gasteiger partial charge in [0.15, 0.2) is 0 Å². The number of anilines is 2. The summed E-state index contributed by atoms with van der Waals surface area (Å²) in [5, 5.41) is 16.6. The highest BCUT2D eigenvalue weighted by molar-refractivity contribution is 6.31. The van der Waals surface area contributed by atoms with Crippen molar-refractivity contribution in [2.24, 2.45) is 0 Å². The lowest BCUT2D eigenvalue weighted by Gasteiger charge is -2.29. The zero-order valence-electron chi connectivity index (χ0n) is 15.4. The number of benzene rings is 1. The molecule has 3 rings (SSSR count). The average molecular weight is 390 g/mol. The van der Waals surface area contributed by atoms with Crippen LogP contribution in [0.3, 0.4) is 0 Å². The predicted octanol–water partition coefficient (Wildman–Crippen LogP) is 3.05. The third-order valence-corrected chi connectivity index (χ3v) is 4.93. The van der Waals surface area contributed by atoms with E-state index in [4.69, 9.17) is 11.6 Å². The number of rotatable bonds is 5. The van der Waals surface area contributed by atoms with Crippen molar-refractivity contribution in [3.8, 4) is 5.75 Å². The molecule has 1 fully saturated rings. The molecule has 144 valence electrons. The Morgan fingerprint density at radius 1 is 1.19 bits per heavy atom. The molecule has 3 N–H and O–H groups in total. The fourth-order valence-corrected chi connectivity index (χ4v) is 3.36. The number of amides is 1. The summed E-state index contributed by atoms with van der Waals surface area (Å²) in [6.45, 7) is 0. The second-order valence-electron chi connectivity index (χ2n) is 6.96. The van der Waals surface area contributed by atoms with Crippen LogP contribution in [0.25, 0.3) is 0 Å². The first-order valence-corrected chi connectivity index (χ1v) is 9.36. The molecule has 8 heteroatoms. The van der Waals surface area contributed by atoms with Crippen LogP contribution in [0, 0.1) is 0 Å². The largest absolute Gasteiger partial charge is 0.507 e. The van der Waals surface area contributed by atoms with Crippen molar-refractivity contribution in [3.05, 3.63) is 41.0 Å². The number of carbonyl (C=O) groups excluding carboxylic acids is 1. The van der Waals surface area contributed by atoms with Crippen LogP contribution in [0.4, 0.5) is 11.8 Å². The molecule has 1 aromatic carbocycles. The number of nitrogens with one attached hydrogen (secondary N) is 2. The zero-order valence-corrected chi connectivity index (χ0v) is 16.2. The Labute approximate surface area is 163 Å². The van der Waals surface area contributed by atoms with Crippen LogP contribution < -0.4 is 15.5 Å². The third-order valence-electron chi connectivity index (χ3n) is 4.70. The number of halogens is 1. The number of carbonyl (C=O) groups is 1. The molecule has 7 nitrogen and oxygen atoms in total. The zero-order chi connectivity index (χ0) is 19.4. The Hall–Kier alpha value is -2.54. The van der Waals surface area contributed by atoms with Gasteiger partial charge in [-0.2, -0.15) is 4.98 Å². The number of hydrogen-bond donors (Lipinski definition) is 3. The minimum absolute atomic E-state index is 0.0647. The van der Waals surface area contributed by atoms with E-state index in [1.165, 1.54) is 12.1 Å². The van der Waals surface area contributed by atoms with Gasteiger partial charge in [-0.05, 0) is 49.9 Å². The van der Waals surface area contributed by atoms with E-state index in [9.17, 15) is 9.90 Å². The minimum atomic E-state index is -0.298. The second kappa shape index (κ2) is 8.43. The number of aromatic nitrogens is 2. The van der Waals surface area contributed by atoms with Gasteiger partial charge in [-0.25, -0.2) is 4.98 Å². The van der Waals surface area contributed by atoms with Crippen molar-refractivity contribution < 1.29 is 9.90 Å². The third kappa shape index (κ3) is 5.01. The number of hydrogen-bond acceptors (Lipinski definition) is 6. The molecular weight excluding hydrogens is 366 g/mol. The van der Waals surface area contributed by atoms with Crippen LogP contribution in [0.5, 0.6) is 5.75 Å². The Morgan fingerprint density at radius 2 is 1.89 bits per heavy atom.